The van der Waals surface area contributed by atoms with Crippen LogP contribution in [0.25, 0.3) is 0 Å². The number of likely N-dealkylation sites (N-methyl/N-ethyl adjacent to an activating group) is 3. The molecule has 0 bridgehead atoms. The molecule has 17 heavy (non-hydrogen) atoms. The van der Waals surface area contributed by atoms with Gasteiger partial charge in [-0.1, -0.05) is 0 Å². The molecule has 0 saturated heterocycles. The molecule has 0 amide bonds. The summed E-state index contributed by atoms with van der Waals surface area (Å²) < 4.78 is 0. The Kier molecular flexibility index (Phi) is 13.3. The summed E-state index contributed by atoms with van der Waals surface area (Å²) in [6, 6.07) is 0. The van der Waals surface area contributed by atoms with Crippen LogP contribution in [0.2, 0.25) is 0 Å². The van der Waals surface area contributed by atoms with Crippen molar-refractivity contribution in [3.8, 4) is 0 Å². The Balaban J connectivity index is 0. The third-order valence-electron chi connectivity index (χ3n) is 2.59. The minimum absolute atomic E-state index is 0. The van der Waals surface area contributed by atoms with E-state index in [1.807, 2.05) is 0 Å². The van der Waals surface area contributed by atoms with E-state index in [0.717, 1.165) is 39.3 Å². The van der Waals surface area contributed by atoms with Crippen molar-refractivity contribution in [1.29, 1.82) is 0 Å². The molecule has 5 heteroatoms. The largest absolute Gasteiger partial charge is 1.00 e. The number of hydrogen-bond acceptors (Lipinski definition) is 4. The minimum atomic E-state index is 0. The van der Waals surface area contributed by atoms with Crippen LogP contribution in [0.4, 0.5) is 0 Å². The summed E-state index contributed by atoms with van der Waals surface area (Å²) in [7, 11) is 12.8. The van der Waals surface area contributed by atoms with Gasteiger partial charge in [-0.05, 0) is 42.3 Å². The van der Waals surface area contributed by atoms with E-state index in [9.17, 15) is 0 Å². The van der Waals surface area contributed by atoms with Crippen molar-refractivity contribution < 1.29 is 17.1 Å². The van der Waals surface area contributed by atoms with Gasteiger partial charge in [0.2, 0.25) is 0 Å². The van der Waals surface area contributed by atoms with Crippen LogP contribution in [0, 0.1) is 0 Å². The third-order valence-corrected chi connectivity index (χ3v) is 2.59. The number of rotatable bonds is 9. The van der Waals surface area contributed by atoms with Gasteiger partial charge in [-0.3, -0.25) is 4.90 Å². The maximum absolute atomic E-state index is 2.54. The maximum Gasteiger partial charge on any atom is 1.00 e. The van der Waals surface area contributed by atoms with E-state index in [-0.39, 0.29) is 17.1 Å². The Labute approximate surface area is 118 Å². The zero-order valence-electron chi connectivity index (χ0n) is 12.3. The molecule has 0 unspecified atom stereocenters. The smallest absolute Gasteiger partial charge is 0.308 e. The Morgan fingerprint density at radius 1 is 0.471 bits per heavy atom. The van der Waals surface area contributed by atoms with Crippen LogP contribution in [-0.2, 0) is 17.1 Å². The quantitative estimate of drug-likeness (QED) is 0.554. The molecule has 0 radical (unpaired) electrons. The van der Waals surface area contributed by atoms with Gasteiger partial charge in [-0.25, -0.2) is 0 Å². The zero-order valence-corrected chi connectivity index (χ0v) is 13.3. The van der Waals surface area contributed by atoms with Crippen LogP contribution in [-0.4, -0.2) is 101 Å². The Morgan fingerprint density at radius 3 is 0.882 bits per heavy atom. The van der Waals surface area contributed by atoms with Gasteiger partial charge in [0.25, 0.3) is 0 Å². The molecule has 0 aliphatic carbocycles. The molecule has 0 aliphatic heterocycles. The van der Waals surface area contributed by atoms with Crippen LogP contribution in [0.3, 0.4) is 0 Å². The molecule has 0 saturated carbocycles. The maximum atomic E-state index is 2.54. The van der Waals surface area contributed by atoms with Gasteiger partial charge in [0, 0.05) is 39.3 Å². The van der Waals surface area contributed by atoms with E-state index in [1.54, 1.807) is 0 Å². The second kappa shape index (κ2) is 11.4. The zero-order chi connectivity index (χ0) is 12.6. The van der Waals surface area contributed by atoms with E-state index in [1.165, 1.54) is 0 Å². The van der Waals surface area contributed by atoms with Crippen LogP contribution >= 0.6 is 0 Å². The first-order valence-corrected chi connectivity index (χ1v) is 6.08. The molecule has 0 aromatic carbocycles. The van der Waals surface area contributed by atoms with Crippen LogP contribution in [0.1, 0.15) is 0 Å². The standard InChI is InChI=1S/C12H30N4.Cu/c1-13(2)7-10-16(11-8-14(3)4)12-9-15(5)6;/h7-12H2,1-6H3;/q;+1. The third kappa shape index (κ3) is 14.3. The predicted octanol–water partition coefficient (Wildman–Crippen LogP) is -0.0293. The fraction of sp³-hybridized carbons (Fsp3) is 1.00. The SMILES string of the molecule is CN(C)CCN(CCN(C)C)CCN(C)C.[Cu+]. The molecule has 0 aliphatic rings. The van der Waals surface area contributed by atoms with E-state index in [4.69, 9.17) is 0 Å². The number of hydrogen-bond donors (Lipinski definition) is 0. The fourth-order valence-electron chi connectivity index (χ4n) is 1.36. The molecule has 0 spiro atoms. The molecular weight excluding hydrogens is 264 g/mol. The topological polar surface area (TPSA) is 13.0 Å². The second-order valence-electron chi connectivity index (χ2n) is 5.25. The van der Waals surface area contributed by atoms with E-state index < -0.39 is 0 Å². The van der Waals surface area contributed by atoms with E-state index in [2.05, 4.69) is 61.9 Å². The average Bonchev–Trinajstić information content (AvgIpc) is 2.15. The first-order valence-electron chi connectivity index (χ1n) is 6.08. The summed E-state index contributed by atoms with van der Waals surface area (Å²) in [6.07, 6.45) is 0. The van der Waals surface area contributed by atoms with Crippen molar-refractivity contribution in [2.75, 3.05) is 81.6 Å². The summed E-state index contributed by atoms with van der Waals surface area (Å²) in [6.45, 7) is 6.90. The van der Waals surface area contributed by atoms with Crippen molar-refractivity contribution in [3.63, 3.8) is 0 Å². The first kappa shape index (κ1) is 19.7. The van der Waals surface area contributed by atoms with Crippen molar-refractivity contribution >= 4 is 0 Å². The summed E-state index contributed by atoms with van der Waals surface area (Å²) in [5.41, 5.74) is 0. The van der Waals surface area contributed by atoms with Crippen molar-refractivity contribution in [2.24, 2.45) is 0 Å². The van der Waals surface area contributed by atoms with E-state index in [0.29, 0.717) is 0 Å². The van der Waals surface area contributed by atoms with Crippen molar-refractivity contribution in [3.05, 3.63) is 0 Å². The minimum Gasteiger partial charge on any atom is -0.308 e. The summed E-state index contributed by atoms with van der Waals surface area (Å²) in [5.74, 6) is 0. The second-order valence-corrected chi connectivity index (χ2v) is 5.25. The number of nitrogens with zero attached hydrogens (tertiary/aromatic N) is 4. The Bertz CT molecular complexity index is 134. The molecule has 0 aromatic heterocycles. The van der Waals surface area contributed by atoms with Crippen molar-refractivity contribution in [2.45, 2.75) is 0 Å². The molecular formula is C12H30CuN4+. The van der Waals surface area contributed by atoms with Gasteiger partial charge >= 0.3 is 17.1 Å². The van der Waals surface area contributed by atoms with Crippen molar-refractivity contribution in [1.82, 2.24) is 19.6 Å². The van der Waals surface area contributed by atoms with Gasteiger partial charge in [0.05, 0.1) is 0 Å². The summed E-state index contributed by atoms with van der Waals surface area (Å²) in [4.78, 5) is 9.29. The fourth-order valence-corrected chi connectivity index (χ4v) is 1.36. The summed E-state index contributed by atoms with van der Waals surface area (Å²) in [5, 5.41) is 0. The van der Waals surface area contributed by atoms with Gasteiger partial charge in [-0.2, -0.15) is 0 Å². The Morgan fingerprint density at radius 2 is 0.706 bits per heavy atom. The van der Waals surface area contributed by atoms with E-state index >= 15 is 0 Å². The average molecular weight is 294 g/mol. The van der Waals surface area contributed by atoms with Crippen LogP contribution in [0.5, 0.6) is 0 Å². The molecule has 0 heterocycles. The molecule has 0 rings (SSSR count). The monoisotopic (exact) mass is 293 g/mol. The molecule has 108 valence electrons. The molecule has 0 N–H and O–H groups in total. The van der Waals surface area contributed by atoms with Gasteiger partial charge in [0.15, 0.2) is 0 Å². The Hall–Kier alpha value is 0.359. The molecule has 0 atom stereocenters. The van der Waals surface area contributed by atoms with Crippen LogP contribution in [0.15, 0.2) is 0 Å². The molecule has 0 fully saturated rings. The predicted molar refractivity (Wildman–Crippen MR) is 72.1 cm³/mol. The normalized spacial score (nSPS) is 11.6. The molecule has 4 nitrogen and oxygen atoms in total. The van der Waals surface area contributed by atoms with Gasteiger partial charge in [-0.15, -0.1) is 0 Å². The van der Waals surface area contributed by atoms with Crippen LogP contribution < -0.4 is 0 Å². The van der Waals surface area contributed by atoms with Gasteiger partial charge < -0.3 is 14.7 Å². The first-order chi connectivity index (χ1) is 7.41. The molecule has 0 aromatic rings. The van der Waals surface area contributed by atoms with Gasteiger partial charge in [0.1, 0.15) is 0 Å². The summed E-state index contributed by atoms with van der Waals surface area (Å²) >= 11 is 0.